The maximum Gasteiger partial charge on any atom is 0.143 e. The molecule has 0 aliphatic carbocycles. The summed E-state index contributed by atoms with van der Waals surface area (Å²) in [4.78, 5) is 8.37. The molecule has 4 heteroatoms. The Balaban J connectivity index is 1.78. The van der Waals surface area contributed by atoms with Gasteiger partial charge in [0, 0.05) is 34.0 Å². The van der Waals surface area contributed by atoms with E-state index < -0.39 is 0 Å². The van der Waals surface area contributed by atoms with Crippen LogP contribution in [0.2, 0.25) is 0 Å². The van der Waals surface area contributed by atoms with E-state index in [1.807, 2.05) is 6.07 Å². The number of nitrogens with one attached hydrogen (secondary N) is 2. The maximum atomic E-state index is 4.99. The molecule has 0 atom stereocenters. The highest BCUT2D eigenvalue weighted by atomic mass is 15.1. The molecule has 5 aromatic rings. The van der Waals surface area contributed by atoms with Gasteiger partial charge in [0.25, 0.3) is 0 Å². The molecule has 0 fully saturated rings. The Morgan fingerprint density at radius 1 is 0.929 bits per heavy atom. The van der Waals surface area contributed by atoms with Crippen LogP contribution in [0, 0.1) is 20.8 Å². The summed E-state index contributed by atoms with van der Waals surface area (Å²) in [6.07, 6.45) is 2.05. The molecule has 0 aliphatic rings. The third-order valence-corrected chi connectivity index (χ3v) is 5.32. The third-order valence-electron chi connectivity index (χ3n) is 5.32. The van der Waals surface area contributed by atoms with Crippen molar-refractivity contribution in [2.24, 2.45) is 0 Å². The minimum Gasteiger partial charge on any atom is -0.360 e. The summed E-state index contributed by atoms with van der Waals surface area (Å²) in [5.41, 5.74) is 8.82. The Morgan fingerprint density at radius 2 is 1.79 bits per heavy atom. The fraction of sp³-hybridized carbons (Fsp3) is 0.125. The fourth-order valence-electron chi connectivity index (χ4n) is 3.91. The Labute approximate surface area is 163 Å². The molecule has 2 N–H and O–H groups in total. The molecular formula is C24H22N4. The second-order valence-electron chi connectivity index (χ2n) is 7.36. The minimum atomic E-state index is 0.938. The van der Waals surface area contributed by atoms with Crippen molar-refractivity contribution in [3.05, 3.63) is 83.7 Å². The molecular weight excluding hydrogens is 344 g/mol. The lowest BCUT2D eigenvalue weighted by Crippen LogP contribution is -2.01. The van der Waals surface area contributed by atoms with E-state index in [1.54, 1.807) is 0 Å². The molecule has 0 saturated carbocycles. The van der Waals surface area contributed by atoms with E-state index in [1.165, 1.54) is 16.5 Å². The SMILES string of the molecule is Cc1ccc(Nc2c(-c3c[nH]c4ccccc34)nc3cccc(C)n23)c(C)c1. The monoisotopic (exact) mass is 366 g/mol. The lowest BCUT2D eigenvalue weighted by molar-refractivity contribution is 1.09. The molecule has 0 radical (unpaired) electrons. The molecule has 3 aromatic heterocycles. The number of aromatic amines is 1. The predicted molar refractivity (Wildman–Crippen MR) is 116 cm³/mol. The summed E-state index contributed by atoms with van der Waals surface area (Å²) < 4.78 is 2.19. The Bertz CT molecular complexity index is 1320. The van der Waals surface area contributed by atoms with Gasteiger partial charge in [0.15, 0.2) is 0 Å². The fourth-order valence-corrected chi connectivity index (χ4v) is 3.91. The number of pyridine rings is 1. The zero-order valence-electron chi connectivity index (χ0n) is 16.2. The molecule has 0 spiro atoms. The molecule has 0 amide bonds. The molecule has 138 valence electrons. The van der Waals surface area contributed by atoms with Gasteiger partial charge in [0.1, 0.15) is 17.2 Å². The van der Waals surface area contributed by atoms with Gasteiger partial charge in [-0.15, -0.1) is 0 Å². The second kappa shape index (κ2) is 6.27. The Kier molecular flexibility index (Phi) is 3.72. The predicted octanol–water partition coefficient (Wildman–Crippen LogP) is 6.15. The summed E-state index contributed by atoms with van der Waals surface area (Å²) in [5, 5.41) is 4.84. The van der Waals surface area contributed by atoms with Gasteiger partial charge in [-0.25, -0.2) is 4.98 Å². The van der Waals surface area contributed by atoms with Gasteiger partial charge < -0.3 is 10.3 Å². The topological polar surface area (TPSA) is 45.1 Å². The van der Waals surface area contributed by atoms with Crippen LogP contribution in [0.5, 0.6) is 0 Å². The highest BCUT2D eigenvalue weighted by Crippen LogP contribution is 2.36. The van der Waals surface area contributed by atoms with Crippen molar-refractivity contribution < 1.29 is 0 Å². The van der Waals surface area contributed by atoms with Crippen LogP contribution < -0.4 is 5.32 Å². The average Bonchev–Trinajstić information content (AvgIpc) is 3.26. The first-order valence-electron chi connectivity index (χ1n) is 9.50. The molecule has 0 unspecified atom stereocenters. The largest absolute Gasteiger partial charge is 0.360 e. The van der Waals surface area contributed by atoms with E-state index in [4.69, 9.17) is 4.98 Å². The second-order valence-corrected chi connectivity index (χ2v) is 7.36. The smallest absolute Gasteiger partial charge is 0.143 e. The zero-order valence-corrected chi connectivity index (χ0v) is 16.2. The first-order valence-corrected chi connectivity index (χ1v) is 9.50. The van der Waals surface area contributed by atoms with Crippen LogP contribution in [0.1, 0.15) is 16.8 Å². The van der Waals surface area contributed by atoms with Crippen LogP contribution >= 0.6 is 0 Å². The van der Waals surface area contributed by atoms with Crippen LogP contribution in [-0.2, 0) is 0 Å². The summed E-state index contributed by atoms with van der Waals surface area (Å²) in [6.45, 7) is 6.37. The van der Waals surface area contributed by atoms with Gasteiger partial charge in [-0.3, -0.25) is 4.40 Å². The van der Waals surface area contributed by atoms with E-state index >= 15 is 0 Å². The van der Waals surface area contributed by atoms with Crippen LogP contribution in [0.25, 0.3) is 27.8 Å². The first kappa shape index (κ1) is 16.6. The number of imidazole rings is 1. The number of benzene rings is 2. The highest BCUT2D eigenvalue weighted by molar-refractivity contribution is 5.98. The summed E-state index contributed by atoms with van der Waals surface area (Å²) in [5.74, 6) is 0.991. The Morgan fingerprint density at radius 3 is 2.64 bits per heavy atom. The minimum absolute atomic E-state index is 0.938. The average molecular weight is 366 g/mol. The molecule has 0 bridgehead atoms. The summed E-state index contributed by atoms with van der Waals surface area (Å²) >= 11 is 0. The van der Waals surface area contributed by atoms with Gasteiger partial charge in [0.05, 0.1) is 0 Å². The van der Waals surface area contributed by atoms with Crippen molar-refractivity contribution in [3.8, 4) is 11.3 Å². The van der Waals surface area contributed by atoms with Crippen molar-refractivity contribution in [2.75, 3.05) is 5.32 Å². The number of para-hydroxylation sites is 1. The van der Waals surface area contributed by atoms with Gasteiger partial charge in [0.2, 0.25) is 0 Å². The molecule has 28 heavy (non-hydrogen) atoms. The number of H-pyrrole nitrogens is 1. The summed E-state index contributed by atoms with van der Waals surface area (Å²) in [7, 11) is 0. The van der Waals surface area contributed by atoms with E-state index in [9.17, 15) is 0 Å². The third kappa shape index (κ3) is 2.57. The van der Waals surface area contributed by atoms with Gasteiger partial charge in [-0.2, -0.15) is 0 Å². The van der Waals surface area contributed by atoms with Crippen molar-refractivity contribution >= 4 is 28.1 Å². The molecule has 5 rings (SSSR count). The van der Waals surface area contributed by atoms with Gasteiger partial charge in [-0.1, -0.05) is 42.0 Å². The zero-order chi connectivity index (χ0) is 19.3. The highest BCUT2D eigenvalue weighted by Gasteiger charge is 2.19. The lowest BCUT2D eigenvalue weighted by Gasteiger charge is -2.13. The van der Waals surface area contributed by atoms with Crippen molar-refractivity contribution in [1.82, 2.24) is 14.4 Å². The van der Waals surface area contributed by atoms with Crippen molar-refractivity contribution in [3.63, 3.8) is 0 Å². The molecule has 0 saturated heterocycles. The van der Waals surface area contributed by atoms with Crippen molar-refractivity contribution in [2.45, 2.75) is 20.8 Å². The van der Waals surface area contributed by atoms with Crippen molar-refractivity contribution in [1.29, 1.82) is 0 Å². The number of aromatic nitrogens is 3. The van der Waals surface area contributed by atoms with Crippen LogP contribution in [-0.4, -0.2) is 14.4 Å². The maximum absolute atomic E-state index is 4.99. The molecule has 0 aliphatic heterocycles. The normalized spacial score (nSPS) is 11.4. The number of nitrogens with zero attached hydrogens (tertiary/aromatic N) is 2. The molecule has 3 heterocycles. The Hall–Kier alpha value is -3.53. The molecule has 2 aromatic carbocycles. The number of rotatable bonds is 3. The van der Waals surface area contributed by atoms with Gasteiger partial charge >= 0.3 is 0 Å². The number of hydrogen-bond donors (Lipinski definition) is 2. The summed E-state index contributed by atoms with van der Waals surface area (Å²) in [6, 6.07) is 21.0. The number of anilines is 2. The standard InChI is InChI=1S/C24H22N4/c1-15-11-12-20(16(2)13-15)26-24-23(27-22-10-6-7-17(3)28(22)24)19-14-25-21-9-5-4-8-18(19)21/h4-14,25-26H,1-3H3. The molecule has 4 nitrogen and oxygen atoms in total. The van der Waals surface area contributed by atoms with Crippen LogP contribution in [0.3, 0.4) is 0 Å². The number of hydrogen-bond acceptors (Lipinski definition) is 2. The first-order chi connectivity index (χ1) is 13.6. The number of aryl methyl sites for hydroxylation is 3. The van der Waals surface area contributed by atoms with E-state index in [0.717, 1.165) is 39.6 Å². The lowest BCUT2D eigenvalue weighted by atomic mass is 10.1. The van der Waals surface area contributed by atoms with E-state index in [2.05, 4.69) is 96.3 Å². The number of fused-ring (bicyclic) bond motifs is 2. The van der Waals surface area contributed by atoms with Crippen LogP contribution in [0.4, 0.5) is 11.5 Å². The van der Waals surface area contributed by atoms with Gasteiger partial charge in [-0.05, 0) is 50.6 Å². The van der Waals surface area contributed by atoms with E-state index in [0.29, 0.717) is 0 Å². The van der Waals surface area contributed by atoms with E-state index in [-0.39, 0.29) is 0 Å². The quantitative estimate of drug-likeness (QED) is 0.402. The van der Waals surface area contributed by atoms with Crippen LogP contribution in [0.15, 0.2) is 66.9 Å².